The van der Waals surface area contributed by atoms with Gasteiger partial charge in [-0.2, -0.15) is 0 Å². The Bertz CT molecular complexity index is 1050. The van der Waals surface area contributed by atoms with Crippen molar-refractivity contribution in [3.63, 3.8) is 0 Å². The molecule has 0 heterocycles. The minimum absolute atomic E-state index is 0.0402. The number of aryl methyl sites for hydroxylation is 2. The first-order valence-corrected chi connectivity index (χ1v) is 15.5. The Morgan fingerprint density at radius 3 is 2.21 bits per heavy atom. The zero-order chi connectivity index (χ0) is 28.8. The Hall–Kier alpha value is -2.55. The normalized spacial score (nSPS) is 16.1. The van der Waals surface area contributed by atoms with Crippen LogP contribution in [-0.2, 0) is 28.9 Å². The molecule has 3 heteroatoms. The lowest BCUT2D eigenvalue weighted by Gasteiger charge is -2.32. The number of hydrogen-bond acceptors (Lipinski definition) is 3. The van der Waals surface area contributed by atoms with Crippen molar-refractivity contribution in [2.75, 3.05) is 0 Å². The monoisotopic (exact) mass is 532 g/mol. The van der Waals surface area contributed by atoms with Gasteiger partial charge in [0.05, 0.1) is 6.42 Å². The molecule has 0 bridgehead atoms. The summed E-state index contributed by atoms with van der Waals surface area (Å²) in [7, 11) is 0. The molecule has 214 valence electrons. The fourth-order valence-corrected chi connectivity index (χ4v) is 6.33. The van der Waals surface area contributed by atoms with Crippen molar-refractivity contribution in [1.82, 2.24) is 0 Å². The number of ketones is 3. The van der Waals surface area contributed by atoms with Crippen molar-refractivity contribution in [3.8, 4) is 0 Å². The van der Waals surface area contributed by atoms with Gasteiger partial charge in [-0.1, -0.05) is 89.4 Å². The average Bonchev–Trinajstić information content (AvgIpc) is 2.88. The molecule has 1 aliphatic carbocycles. The molecule has 3 atom stereocenters. The molecule has 2 aromatic rings. The zero-order valence-electron chi connectivity index (χ0n) is 25.5. The van der Waals surface area contributed by atoms with E-state index in [0.29, 0.717) is 6.42 Å². The maximum Gasteiger partial charge on any atom is 0.163 e. The van der Waals surface area contributed by atoms with Crippen LogP contribution < -0.4 is 0 Å². The number of Topliss-reactive ketones (excluding diaryl/α,β-unsaturated/α-hetero) is 3. The lowest BCUT2D eigenvalue weighted by molar-refractivity contribution is -0.129. The number of fused-ring (bicyclic) bond motifs is 1. The molecule has 0 radical (unpaired) electrons. The third-order valence-electron chi connectivity index (χ3n) is 8.07. The summed E-state index contributed by atoms with van der Waals surface area (Å²) in [6.45, 7) is 12.1. The van der Waals surface area contributed by atoms with Gasteiger partial charge in [0, 0.05) is 17.9 Å². The van der Waals surface area contributed by atoms with Gasteiger partial charge in [0.1, 0.15) is 11.6 Å². The Kier molecular flexibility index (Phi) is 14.4. The molecular weight excluding hydrogens is 480 g/mol. The van der Waals surface area contributed by atoms with Crippen LogP contribution in [0.1, 0.15) is 125 Å². The topological polar surface area (TPSA) is 51.2 Å². The summed E-state index contributed by atoms with van der Waals surface area (Å²) < 4.78 is 0. The lowest BCUT2D eigenvalue weighted by atomic mass is 9.72. The van der Waals surface area contributed by atoms with Crippen molar-refractivity contribution >= 4 is 17.3 Å². The average molecular weight is 533 g/mol. The zero-order valence-corrected chi connectivity index (χ0v) is 25.5. The second-order valence-electron chi connectivity index (χ2n) is 11.6. The van der Waals surface area contributed by atoms with Crippen LogP contribution in [0.3, 0.4) is 0 Å². The van der Waals surface area contributed by atoms with Crippen LogP contribution in [0.5, 0.6) is 0 Å². The first-order valence-electron chi connectivity index (χ1n) is 15.5. The summed E-state index contributed by atoms with van der Waals surface area (Å²) in [5, 5.41) is 0. The molecule has 3 nitrogen and oxygen atoms in total. The van der Waals surface area contributed by atoms with E-state index < -0.39 is 0 Å². The molecule has 1 aliphatic rings. The van der Waals surface area contributed by atoms with Crippen molar-refractivity contribution in [3.05, 3.63) is 70.3 Å². The molecule has 0 saturated carbocycles. The van der Waals surface area contributed by atoms with E-state index in [1.165, 1.54) is 35.6 Å². The van der Waals surface area contributed by atoms with Gasteiger partial charge in [0.2, 0.25) is 0 Å². The Morgan fingerprint density at radius 1 is 0.923 bits per heavy atom. The highest BCUT2D eigenvalue weighted by Crippen LogP contribution is 2.37. The van der Waals surface area contributed by atoms with E-state index in [4.69, 9.17) is 0 Å². The van der Waals surface area contributed by atoms with Crippen LogP contribution >= 0.6 is 0 Å². The molecule has 39 heavy (non-hydrogen) atoms. The second kappa shape index (κ2) is 17.2. The molecule has 3 unspecified atom stereocenters. The summed E-state index contributed by atoms with van der Waals surface area (Å²) in [6, 6.07) is 15.0. The van der Waals surface area contributed by atoms with E-state index in [1.807, 2.05) is 0 Å². The van der Waals surface area contributed by atoms with Gasteiger partial charge in [-0.25, -0.2) is 0 Å². The summed E-state index contributed by atoms with van der Waals surface area (Å²) in [6.07, 6.45) is 10.8. The highest BCUT2D eigenvalue weighted by molar-refractivity contribution is 6.00. The molecule has 0 aliphatic heterocycles. The standard InChI is InChI=1S/C33H44O3.C3H8/c1-5-12-28(30(6-2)31(35)19-23(3)34)20-26-21-29-18-17-27(24(4)33(29)32(36)22-26)16-11-10-15-25-13-8-7-9-14-25;1-3-2/h7-9,13-14,17-18,26,28,30H,5-6,10-12,15-16,19-22H2,1-4H3;3H2,1-2H3. The van der Waals surface area contributed by atoms with E-state index in [0.717, 1.165) is 63.4 Å². The van der Waals surface area contributed by atoms with E-state index in [2.05, 4.69) is 77.1 Å². The fourth-order valence-electron chi connectivity index (χ4n) is 6.33. The smallest absolute Gasteiger partial charge is 0.163 e. The summed E-state index contributed by atoms with van der Waals surface area (Å²) >= 11 is 0. The first-order chi connectivity index (χ1) is 18.7. The van der Waals surface area contributed by atoms with E-state index in [1.54, 1.807) is 0 Å². The van der Waals surface area contributed by atoms with Gasteiger partial charge < -0.3 is 0 Å². The van der Waals surface area contributed by atoms with E-state index >= 15 is 0 Å². The van der Waals surface area contributed by atoms with Gasteiger partial charge in [-0.3, -0.25) is 14.4 Å². The third-order valence-corrected chi connectivity index (χ3v) is 8.07. The van der Waals surface area contributed by atoms with Gasteiger partial charge in [-0.05, 0) is 92.9 Å². The Morgan fingerprint density at radius 2 is 1.59 bits per heavy atom. The molecule has 0 N–H and O–H groups in total. The van der Waals surface area contributed by atoms with Crippen LogP contribution in [0.4, 0.5) is 0 Å². The molecule has 2 aromatic carbocycles. The van der Waals surface area contributed by atoms with Crippen LogP contribution in [0.2, 0.25) is 0 Å². The highest BCUT2D eigenvalue weighted by Gasteiger charge is 2.33. The molecule has 0 aromatic heterocycles. The quantitative estimate of drug-likeness (QED) is 0.180. The van der Waals surface area contributed by atoms with Crippen LogP contribution in [0, 0.1) is 24.7 Å². The molecule has 0 amide bonds. The minimum atomic E-state index is -0.0784. The summed E-state index contributed by atoms with van der Waals surface area (Å²) in [4.78, 5) is 37.7. The van der Waals surface area contributed by atoms with Crippen LogP contribution in [0.15, 0.2) is 42.5 Å². The van der Waals surface area contributed by atoms with Crippen molar-refractivity contribution in [1.29, 1.82) is 0 Å². The molecule has 0 spiro atoms. The van der Waals surface area contributed by atoms with Crippen molar-refractivity contribution in [2.24, 2.45) is 17.8 Å². The fraction of sp³-hybridized carbons (Fsp3) is 0.583. The van der Waals surface area contributed by atoms with E-state index in [9.17, 15) is 14.4 Å². The van der Waals surface area contributed by atoms with Gasteiger partial charge in [-0.15, -0.1) is 0 Å². The molecular formula is C36H52O3. The third kappa shape index (κ3) is 10.2. The second-order valence-corrected chi connectivity index (χ2v) is 11.6. The SMILES string of the molecule is CCC.CCCC(CC1CC(=O)c2c(ccc(CCCCc3ccccc3)c2C)C1)C(CC)C(=O)CC(C)=O. The highest BCUT2D eigenvalue weighted by atomic mass is 16.1. The number of benzene rings is 2. The molecule has 3 rings (SSSR count). The number of carbonyl (C=O) groups excluding carboxylic acids is 3. The van der Waals surface area contributed by atoms with Gasteiger partial charge >= 0.3 is 0 Å². The van der Waals surface area contributed by atoms with Gasteiger partial charge in [0.25, 0.3) is 0 Å². The maximum atomic E-state index is 13.3. The number of hydrogen-bond donors (Lipinski definition) is 0. The number of rotatable bonds is 14. The molecule has 0 fully saturated rings. The maximum absolute atomic E-state index is 13.3. The van der Waals surface area contributed by atoms with E-state index in [-0.39, 0.29) is 41.5 Å². The lowest BCUT2D eigenvalue weighted by Crippen LogP contribution is -2.30. The summed E-state index contributed by atoms with van der Waals surface area (Å²) in [5.74, 6) is 0.738. The first kappa shape index (κ1) is 32.7. The van der Waals surface area contributed by atoms with Gasteiger partial charge in [0.15, 0.2) is 5.78 Å². The predicted octanol–water partition coefficient (Wildman–Crippen LogP) is 9.10. The predicted molar refractivity (Wildman–Crippen MR) is 163 cm³/mol. The number of unbranched alkanes of at least 4 members (excludes halogenated alkanes) is 1. The minimum Gasteiger partial charge on any atom is -0.300 e. The van der Waals surface area contributed by atoms with Crippen molar-refractivity contribution < 1.29 is 14.4 Å². The van der Waals surface area contributed by atoms with Crippen molar-refractivity contribution in [2.45, 2.75) is 119 Å². The molecule has 0 saturated heterocycles. The Labute approximate surface area is 238 Å². The largest absolute Gasteiger partial charge is 0.300 e. The summed E-state index contributed by atoms with van der Waals surface area (Å²) in [5.41, 5.74) is 6.00. The van der Waals surface area contributed by atoms with Crippen LogP contribution in [-0.4, -0.2) is 17.3 Å². The van der Waals surface area contributed by atoms with Crippen LogP contribution in [0.25, 0.3) is 0 Å². The number of carbonyl (C=O) groups is 3. The Balaban J connectivity index is 0.00000170.